The molecule has 3 nitrogen and oxygen atoms in total. The van der Waals surface area contributed by atoms with Gasteiger partial charge in [-0.1, -0.05) is 72.8 Å². The Kier molecular flexibility index (Phi) is 5.63. The summed E-state index contributed by atoms with van der Waals surface area (Å²) >= 11 is 0. The lowest BCUT2D eigenvalue weighted by Gasteiger charge is -2.44. The Bertz CT molecular complexity index is 1260. The van der Waals surface area contributed by atoms with E-state index in [1.54, 1.807) is 12.1 Å². The van der Waals surface area contributed by atoms with Gasteiger partial charge in [0.1, 0.15) is 6.61 Å². The molecule has 1 amide bonds. The molecule has 3 aromatic rings. The van der Waals surface area contributed by atoms with Crippen molar-refractivity contribution in [3.63, 3.8) is 0 Å². The van der Waals surface area contributed by atoms with Crippen molar-refractivity contribution in [2.75, 3.05) is 6.61 Å². The number of halogens is 2. The second-order valence-corrected chi connectivity index (χ2v) is 9.69. The number of rotatable bonds is 4. The fourth-order valence-corrected chi connectivity index (χ4v) is 6.07. The lowest BCUT2D eigenvalue weighted by atomic mass is 9.83. The highest BCUT2D eigenvalue weighted by atomic mass is 19.3. The van der Waals surface area contributed by atoms with Gasteiger partial charge in [0.25, 0.3) is 6.43 Å². The lowest BCUT2D eigenvalue weighted by Crippen LogP contribution is -2.51. The first-order chi connectivity index (χ1) is 17.1. The minimum atomic E-state index is -2.49. The fraction of sp³-hybridized carbons (Fsp3) is 0.300. The molecule has 6 rings (SSSR count). The molecule has 2 bridgehead atoms. The van der Waals surface area contributed by atoms with E-state index in [4.69, 9.17) is 4.74 Å². The third-order valence-corrected chi connectivity index (χ3v) is 7.69. The molecular weight excluding hydrogens is 444 g/mol. The lowest BCUT2D eigenvalue weighted by molar-refractivity contribution is 0.0539. The summed E-state index contributed by atoms with van der Waals surface area (Å²) in [5.41, 5.74) is 6.71. The van der Waals surface area contributed by atoms with Crippen molar-refractivity contribution in [3.8, 4) is 11.1 Å². The van der Waals surface area contributed by atoms with Crippen LogP contribution in [-0.4, -0.2) is 29.7 Å². The van der Waals surface area contributed by atoms with Crippen molar-refractivity contribution in [3.05, 3.63) is 101 Å². The van der Waals surface area contributed by atoms with Crippen LogP contribution in [0, 0.1) is 0 Å². The number of carbonyl (C=O) groups excluding carboxylic acids is 1. The molecule has 0 aromatic heterocycles. The van der Waals surface area contributed by atoms with Crippen LogP contribution in [0.1, 0.15) is 60.3 Å². The second kappa shape index (κ2) is 8.95. The average Bonchev–Trinajstić information content (AvgIpc) is 3.20. The minimum absolute atomic E-state index is 0.0270. The first kappa shape index (κ1) is 22.0. The highest BCUT2D eigenvalue weighted by molar-refractivity contribution is 5.79. The van der Waals surface area contributed by atoms with Crippen LogP contribution < -0.4 is 0 Å². The second-order valence-electron chi connectivity index (χ2n) is 9.69. The van der Waals surface area contributed by atoms with Crippen molar-refractivity contribution >= 4 is 11.7 Å². The average molecular weight is 472 g/mol. The van der Waals surface area contributed by atoms with Crippen LogP contribution in [0.3, 0.4) is 0 Å². The number of fused-ring (bicyclic) bond motifs is 5. The van der Waals surface area contributed by atoms with E-state index in [1.807, 2.05) is 35.2 Å². The molecule has 0 N–H and O–H groups in total. The van der Waals surface area contributed by atoms with E-state index in [0.29, 0.717) is 13.0 Å². The fourth-order valence-electron chi connectivity index (χ4n) is 6.07. The molecule has 1 fully saturated rings. The van der Waals surface area contributed by atoms with Crippen molar-refractivity contribution in [1.29, 1.82) is 0 Å². The number of piperidine rings is 1. The van der Waals surface area contributed by atoms with Crippen molar-refractivity contribution in [1.82, 2.24) is 4.90 Å². The summed E-state index contributed by atoms with van der Waals surface area (Å²) in [6.45, 7) is 0.301. The third kappa shape index (κ3) is 3.93. The third-order valence-electron chi connectivity index (χ3n) is 7.69. The van der Waals surface area contributed by atoms with Crippen molar-refractivity contribution in [2.45, 2.75) is 50.1 Å². The van der Waals surface area contributed by atoms with E-state index in [0.717, 1.165) is 30.4 Å². The molecule has 178 valence electrons. The van der Waals surface area contributed by atoms with Crippen LogP contribution in [0.5, 0.6) is 0 Å². The number of ether oxygens (including phenoxy) is 1. The standard InChI is InChI=1S/C30H27F2NO2/c31-29(32)20-8-5-7-19(15-20)21-16-22-9-6-10-23(17-21)33(22)30(34)35-18-28-26-13-3-1-11-24(26)25-12-2-4-14-27(25)28/h1-5,7-8,11-16,22-23,28-29H,6,9-10,17-18H2. The van der Waals surface area contributed by atoms with Crippen LogP contribution >= 0.6 is 0 Å². The van der Waals surface area contributed by atoms with E-state index in [9.17, 15) is 13.6 Å². The minimum Gasteiger partial charge on any atom is -0.448 e. The van der Waals surface area contributed by atoms with Gasteiger partial charge in [-0.3, -0.25) is 4.90 Å². The Morgan fingerprint density at radius 3 is 2.34 bits per heavy atom. The molecule has 0 radical (unpaired) electrons. The molecule has 35 heavy (non-hydrogen) atoms. The topological polar surface area (TPSA) is 29.5 Å². The maximum absolute atomic E-state index is 13.4. The van der Waals surface area contributed by atoms with Crippen molar-refractivity contribution < 1.29 is 18.3 Å². The summed E-state index contributed by atoms with van der Waals surface area (Å²) in [6.07, 6.45) is 2.78. The first-order valence-electron chi connectivity index (χ1n) is 12.3. The summed E-state index contributed by atoms with van der Waals surface area (Å²) in [6, 6.07) is 23.2. The van der Waals surface area contributed by atoms with Crippen LogP contribution in [-0.2, 0) is 4.74 Å². The van der Waals surface area contributed by atoms with Crippen LogP contribution in [0.25, 0.3) is 16.7 Å². The summed E-state index contributed by atoms with van der Waals surface area (Å²) in [4.78, 5) is 15.2. The summed E-state index contributed by atoms with van der Waals surface area (Å²) < 4.78 is 32.4. The zero-order valence-corrected chi connectivity index (χ0v) is 19.4. The predicted octanol–water partition coefficient (Wildman–Crippen LogP) is 7.58. The molecule has 2 heterocycles. The Morgan fingerprint density at radius 2 is 1.66 bits per heavy atom. The Labute approximate surface area is 204 Å². The summed E-state index contributed by atoms with van der Waals surface area (Å²) in [5, 5.41) is 0. The maximum Gasteiger partial charge on any atom is 0.410 e. The van der Waals surface area contributed by atoms with Gasteiger partial charge in [-0.2, -0.15) is 0 Å². The molecule has 0 spiro atoms. The molecule has 1 saturated heterocycles. The largest absolute Gasteiger partial charge is 0.448 e. The van der Waals surface area contributed by atoms with E-state index in [2.05, 4.69) is 30.3 Å². The van der Waals surface area contributed by atoms with Gasteiger partial charge in [-0.05, 0) is 65.1 Å². The zero-order valence-electron chi connectivity index (χ0n) is 19.4. The van der Waals surface area contributed by atoms with Gasteiger partial charge in [0.05, 0.1) is 6.04 Å². The molecule has 2 atom stereocenters. The number of benzene rings is 3. The van der Waals surface area contributed by atoms with Gasteiger partial charge in [0.2, 0.25) is 0 Å². The summed E-state index contributed by atoms with van der Waals surface area (Å²) in [7, 11) is 0. The zero-order chi connectivity index (χ0) is 23.9. The van der Waals surface area contributed by atoms with E-state index < -0.39 is 6.43 Å². The van der Waals surface area contributed by atoms with Gasteiger partial charge in [0, 0.05) is 17.5 Å². The molecule has 2 aliphatic heterocycles. The number of alkyl halides is 2. The highest BCUT2D eigenvalue weighted by Gasteiger charge is 2.39. The smallest absolute Gasteiger partial charge is 0.410 e. The normalized spacial score (nSPS) is 20.9. The monoisotopic (exact) mass is 471 g/mol. The Balaban J connectivity index is 1.21. The number of amides is 1. The van der Waals surface area contributed by atoms with E-state index in [1.165, 1.54) is 28.3 Å². The quantitative estimate of drug-likeness (QED) is 0.392. The van der Waals surface area contributed by atoms with Crippen LogP contribution in [0.15, 0.2) is 78.9 Å². The first-order valence-corrected chi connectivity index (χ1v) is 12.3. The summed E-state index contributed by atoms with van der Waals surface area (Å²) in [5.74, 6) is 0.0270. The Morgan fingerprint density at radius 1 is 0.943 bits per heavy atom. The van der Waals surface area contributed by atoms with Crippen LogP contribution in [0.4, 0.5) is 13.6 Å². The SMILES string of the molecule is O=C(OCC1c2ccccc2-c2ccccc21)N1C2C=C(c3cccc(C(F)F)c3)CC1CCC2. The molecule has 0 saturated carbocycles. The van der Waals surface area contributed by atoms with Crippen LogP contribution in [0.2, 0.25) is 0 Å². The highest BCUT2D eigenvalue weighted by Crippen LogP contribution is 2.45. The van der Waals surface area contributed by atoms with Crippen molar-refractivity contribution in [2.24, 2.45) is 0 Å². The van der Waals surface area contributed by atoms with Gasteiger partial charge in [0.15, 0.2) is 0 Å². The van der Waals surface area contributed by atoms with Gasteiger partial charge >= 0.3 is 6.09 Å². The number of hydrogen-bond acceptors (Lipinski definition) is 2. The molecule has 2 unspecified atom stereocenters. The molecule has 1 aliphatic carbocycles. The van der Waals surface area contributed by atoms with Gasteiger partial charge in [-0.25, -0.2) is 13.6 Å². The van der Waals surface area contributed by atoms with E-state index >= 15 is 0 Å². The van der Waals surface area contributed by atoms with Gasteiger partial charge in [-0.15, -0.1) is 0 Å². The number of nitrogens with zero attached hydrogens (tertiary/aromatic N) is 1. The predicted molar refractivity (Wildman–Crippen MR) is 132 cm³/mol. The maximum atomic E-state index is 13.4. The molecule has 5 heteroatoms. The number of carbonyl (C=O) groups is 1. The van der Waals surface area contributed by atoms with E-state index in [-0.39, 0.29) is 29.7 Å². The van der Waals surface area contributed by atoms with Gasteiger partial charge < -0.3 is 4.74 Å². The Hall–Kier alpha value is -3.47. The molecule has 3 aliphatic rings. The molecule has 3 aromatic carbocycles. The number of hydrogen-bond donors (Lipinski definition) is 0. The molecular formula is C30H27F2NO2.